The van der Waals surface area contributed by atoms with Crippen molar-refractivity contribution in [2.45, 2.75) is 40.7 Å². The van der Waals surface area contributed by atoms with Gasteiger partial charge in [-0.3, -0.25) is 9.48 Å². The fraction of sp³-hybridized carbons (Fsp3) is 0.353. The van der Waals surface area contributed by atoms with Gasteiger partial charge >= 0.3 is 0 Å². The number of thiazole rings is 1. The first-order chi connectivity index (χ1) is 11.3. The van der Waals surface area contributed by atoms with Crippen molar-refractivity contribution in [1.82, 2.24) is 14.8 Å². The van der Waals surface area contributed by atoms with Gasteiger partial charge in [0.05, 0.1) is 16.3 Å². The molecular formula is C17H20N4OS2. The molecule has 0 aliphatic carbocycles. The molecule has 0 aliphatic heterocycles. The monoisotopic (exact) mass is 360 g/mol. The van der Waals surface area contributed by atoms with E-state index in [9.17, 15) is 4.79 Å². The summed E-state index contributed by atoms with van der Waals surface area (Å²) in [5.41, 5.74) is 2.83. The fourth-order valence-electron chi connectivity index (χ4n) is 2.60. The van der Waals surface area contributed by atoms with Crippen LogP contribution in [0.2, 0.25) is 0 Å². The standard InChI is InChI=1S/C17H20N4OS2/c1-9-8-10(2)21(20-9)12(4)16(22)19-17-18-15(13(5)24-17)14-7-6-11(3)23-14/h6-8,12H,1-5H3,(H,18,19,22). The average molecular weight is 361 g/mol. The highest BCUT2D eigenvalue weighted by Gasteiger charge is 2.20. The molecule has 0 bridgehead atoms. The molecule has 1 unspecified atom stereocenters. The van der Waals surface area contributed by atoms with Crippen molar-refractivity contribution in [1.29, 1.82) is 0 Å². The lowest BCUT2D eigenvalue weighted by molar-refractivity contribution is -0.119. The number of thiophene rings is 1. The summed E-state index contributed by atoms with van der Waals surface area (Å²) < 4.78 is 1.74. The summed E-state index contributed by atoms with van der Waals surface area (Å²) >= 11 is 3.22. The highest BCUT2D eigenvalue weighted by atomic mass is 32.1. The normalized spacial score (nSPS) is 12.4. The molecule has 3 aromatic heterocycles. The summed E-state index contributed by atoms with van der Waals surface area (Å²) in [7, 11) is 0. The summed E-state index contributed by atoms with van der Waals surface area (Å²) in [6.45, 7) is 9.83. The maximum Gasteiger partial charge on any atom is 0.250 e. The van der Waals surface area contributed by atoms with Gasteiger partial charge in [0.15, 0.2) is 5.13 Å². The lowest BCUT2D eigenvalue weighted by atomic mass is 10.3. The number of rotatable bonds is 4. The number of nitrogens with zero attached hydrogens (tertiary/aromatic N) is 3. The minimum Gasteiger partial charge on any atom is -0.300 e. The molecule has 0 spiro atoms. The van der Waals surface area contributed by atoms with Crippen LogP contribution in [0.5, 0.6) is 0 Å². The number of amides is 1. The van der Waals surface area contributed by atoms with E-state index >= 15 is 0 Å². The van der Waals surface area contributed by atoms with E-state index in [4.69, 9.17) is 0 Å². The third kappa shape index (κ3) is 3.27. The largest absolute Gasteiger partial charge is 0.300 e. The number of hydrogen-bond acceptors (Lipinski definition) is 5. The third-order valence-corrected chi connectivity index (χ3v) is 5.69. The number of aryl methyl sites for hydroxylation is 4. The molecule has 0 fully saturated rings. The van der Waals surface area contributed by atoms with Gasteiger partial charge in [-0.25, -0.2) is 4.98 Å². The predicted molar refractivity (Wildman–Crippen MR) is 99.9 cm³/mol. The van der Waals surface area contributed by atoms with Crippen molar-refractivity contribution < 1.29 is 4.79 Å². The molecule has 0 aromatic carbocycles. The minimum absolute atomic E-state index is 0.108. The Balaban J connectivity index is 1.79. The Labute approximate surface area is 149 Å². The molecule has 3 rings (SSSR count). The van der Waals surface area contributed by atoms with Crippen LogP contribution in [-0.2, 0) is 4.79 Å². The number of carbonyl (C=O) groups is 1. The van der Waals surface area contributed by atoms with Crippen molar-refractivity contribution in [2.24, 2.45) is 0 Å². The predicted octanol–water partition coefficient (Wildman–Crippen LogP) is 4.50. The summed E-state index contributed by atoms with van der Waals surface area (Å²) in [6.07, 6.45) is 0. The molecule has 24 heavy (non-hydrogen) atoms. The van der Waals surface area contributed by atoms with E-state index in [0.717, 1.165) is 26.8 Å². The van der Waals surface area contributed by atoms with Crippen LogP contribution in [-0.4, -0.2) is 20.7 Å². The van der Waals surface area contributed by atoms with Crippen molar-refractivity contribution >= 4 is 33.7 Å². The van der Waals surface area contributed by atoms with Gasteiger partial charge in [0.25, 0.3) is 5.91 Å². The molecule has 3 heterocycles. The Kier molecular flexibility index (Phi) is 4.56. The zero-order valence-corrected chi connectivity index (χ0v) is 16.0. The van der Waals surface area contributed by atoms with Crippen LogP contribution in [0.3, 0.4) is 0 Å². The Morgan fingerprint density at radius 1 is 1.21 bits per heavy atom. The van der Waals surface area contributed by atoms with E-state index in [1.807, 2.05) is 33.8 Å². The van der Waals surface area contributed by atoms with Crippen molar-refractivity contribution in [2.75, 3.05) is 5.32 Å². The lowest BCUT2D eigenvalue weighted by Gasteiger charge is -2.13. The molecule has 1 amide bonds. The van der Waals surface area contributed by atoms with Crippen LogP contribution in [0.25, 0.3) is 10.6 Å². The molecule has 0 aliphatic rings. The number of nitrogens with one attached hydrogen (secondary N) is 1. The quantitative estimate of drug-likeness (QED) is 0.745. The maximum absolute atomic E-state index is 12.5. The van der Waals surface area contributed by atoms with Gasteiger partial charge in [0.2, 0.25) is 0 Å². The second kappa shape index (κ2) is 6.49. The van der Waals surface area contributed by atoms with E-state index in [-0.39, 0.29) is 11.9 Å². The highest BCUT2D eigenvalue weighted by Crippen LogP contribution is 2.34. The van der Waals surface area contributed by atoms with Gasteiger partial charge in [-0.1, -0.05) is 0 Å². The first-order valence-corrected chi connectivity index (χ1v) is 9.36. The van der Waals surface area contributed by atoms with Crippen LogP contribution in [0.4, 0.5) is 5.13 Å². The maximum atomic E-state index is 12.5. The Hall–Kier alpha value is -1.99. The lowest BCUT2D eigenvalue weighted by Crippen LogP contribution is -2.25. The van der Waals surface area contributed by atoms with Crippen molar-refractivity contribution in [3.63, 3.8) is 0 Å². The second-order valence-corrected chi connectivity index (χ2v) is 8.36. The first-order valence-electron chi connectivity index (χ1n) is 7.73. The smallest absolute Gasteiger partial charge is 0.250 e. The van der Waals surface area contributed by atoms with Gasteiger partial charge in [-0.05, 0) is 52.8 Å². The van der Waals surface area contributed by atoms with Crippen LogP contribution < -0.4 is 5.32 Å². The average Bonchev–Trinajstić information content (AvgIpc) is 3.18. The Morgan fingerprint density at radius 2 is 1.96 bits per heavy atom. The second-order valence-electron chi connectivity index (χ2n) is 5.87. The number of carbonyl (C=O) groups excluding carboxylic acids is 1. The van der Waals surface area contributed by atoms with Gasteiger partial charge in [-0.15, -0.1) is 22.7 Å². The molecule has 7 heteroatoms. The van der Waals surface area contributed by atoms with Crippen LogP contribution in [0, 0.1) is 27.7 Å². The van der Waals surface area contributed by atoms with Crippen molar-refractivity contribution in [3.8, 4) is 10.6 Å². The summed E-state index contributed by atoms with van der Waals surface area (Å²) in [5.74, 6) is -0.108. The van der Waals surface area contributed by atoms with E-state index in [0.29, 0.717) is 5.13 Å². The van der Waals surface area contributed by atoms with Gasteiger partial charge < -0.3 is 5.32 Å². The van der Waals surface area contributed by atoms with Crippen molar-refractivity contribution in [3.05, 3.63) is 39.3 Å². The van der Waals surface area contributed by atoms with Crippen LogP contribution >= 0.6 is 22.7 Å². The fourth-order valence-corrected chi connectivity index (χ4v) is 4.41. The van der Waals surface area contributed by atoms with E-state index in [1.54, 1.807) is 16.0 Å². The summed E-state index contributed by atoms with van der Waals surface area (Å²) in [4.78, 5) is 20.6. The van der Waals surface area contributed by atoms with Crippen LogP contribution in [0.1, 0.15) is 34.1 Å². The Morgan fingerprint density at radius 3 is 2.54 bits per heavy atom. The topological polar surface area (TPSA) is 59.8 Å². The van der Waals surface area contributed by atoms with Gasteiger partial charge in [0.1, 0.15) is 6.04 Å². The molecule has 1 atom stereocenters. The number of aromatic nitrogens is 3. The molecular weight excluding hydrogens is 340 g/mol. The molecule has 5 nitrogen and oxygen atoms in total. The first kappa shape index (κ1) is 16.9. The number of hydrogen-bond donors (Lipinski definition) is 1. The summed E-state index contributed by atoms with van der Waals surface area (Å²) in [6, 6.07) is 5.75. The van der Waals surface area contributed by atoms with E-state index in [1.165, 1.54) is 16.2 Å². The zero-order valence-electron chi connectivity index (χ0n) is 14.4. The molecule has 1 N–H and O–H groups in total. The van der Waals surface area contributed by atoms with E-state index < -0.39 is 0 Å². The molecule has 0 saturated heterocycles. The highest BCUT2D eigenvalue weighted by molar-refractivity contribution is 7.18. The SMILES string of the molecule is Cc1cc(C)n(C(C)C(=O)Nc2nc(-c3ccc(C)s3)c(C)s2)n1. The van der Waals surface area contributed by atoms with Gasteiger partial charge in [0, 0.05) is 15.4 Å². The van der Waals surface area contributed by atoms with Crippen LogP contribution in [0.15, 0.2) is 18.2 Å². The van der Waals surface area contributed by atoms with E-state index in [2.05, 4.69) is 34.5 Å². The zero-order chi connectivity index (χ0) is 17.4. The Bertz CT molecular complexity index is 890. The molecule has 126 valence electrons. The molecule has 0 radical (unpaired) electrons. The summed E-state index contributed by atoms with van der Waals surface area (Å²) in [5, 5.41) is 7.94. The number of anilines is 1. The van der Waals surface area contributed by atoms with Gasteiger partial charge in [-0.2, -0.15) is 5.10 Å². The molecule has 0 saturated carbocycles. The minimum atomic E-state index is -0.379. The molecule has 3 aromatic rings. The third-order valence-electron chi connectivity index (χ3n) is 3.79.